The number of aromatic nitrogens is 2. The molecule has 1 saturated heterocycles. The van der Waals surface area contributed by atoms with Crippen LogP contribution in [-0.2, 0) is 0 Å². The first-order valence-electron chi connectivity index (χ1n) is 8.22. The molecule has 1 atom stereocenters. The van der Waals surface area contributed by atoms with Gasteiger partial charge in [0.2, 0.25) is 11.8 Å². The number of benzene rings is 1. The highest BCUT2D eigenvalue weighted by atomic mass is 32.1. The average Bonchev–Trinajstić information content (AvgIpc) is 3.33. The van der Waals surface area contributed by atoms with Gasteiger partial charge >= 0.3 is 0 Å². The van der Waals surface area contributed by atoms with E-state index in [1.54, 1.807) is 16.2 Å². The highest BCUT2D eigenvalue weighted by Crippen LogP contribution is 2.30. The van der Waals surface area contributed by atoms with Gasteiger partial charge in [-0.15, -0.1) is 10.2 Å². The number of hydrogen-bond donors (Lipinski definition) is 0. The quantitative estimate of drug-likeness (QED) is 0.692. The van der Waals surface area contributed by atoms with Gasteiger partial charge in [-0.2, -0.15) is 11.3 Å². The normalized spacial score (nSPS) is 17.5. The number of carbonyl (C=O) groups is 1. The van der Waals surface area contributed by atoms with Crippen LogP contribution in [0.25, 0.3) is 11.5 Å². The standard InChI is InChI=1S/C18H15F2N3O2S/c19-13-3-4-14(15(20)8-13)18(24)23-6-1-2-11(9-23)16-21-22-17(25-16)12-5-7-26-10-12/h3-5,7-8,10-11H,1-2,6,9H2. The Balaban J connectivity index is 1.51. The molecular formula is C18H15F2N3O2S. The Bertz CT molecular complexity index is 926. The second-order valence-electron chi connectivity index (χ2n) is 6.17. The van der Waals surface area contributed by atoms with Crippen LogP contribution < -0.4 is 0 Å². The largest absolute Gasteiger partial charge is 0.420 e. The molecule has 0 bridgehead atoms. The molecular weight excluding hydrogens is 360 g/mol. The van der Waals surface area contributed by atoms with Crippen LogP contribution in [0.4, 0.5) is 8.78 Å². The van der Waals surface area contributed by atoms with Crippen molar-refractivity contribution in [2.24, 2.45) is 0 Å². The summed E-state index contributed by atoms with van der Waals surface area (Å²) < 4.78 is 32.7. The van der Waals surface area contributed by atoms with Crippen molar-refractivity contribution in [3.63, 3.8) is 0 Å². The van der Waals surface area contributed by atoms with Gasteiger partial charge < -0.3 is 9.32 Å². The Hall–Kier alpha value is -2.61. The maximum Gasteiger partial charge on any atom is 0.256 e. The number of nitrogens with zero attached hydrogens (tertiary/aromatic N) is 3. The number of carbonyl (C=O) groups excluding carboxylic acids is 1. The van der Waals surface area contributed by atoms with Crippen LogP contribution in [0, 0.1) is 11.6 Å². The van der Waals surface area contributed by atoms with E-state index < -0.39 is 17.5 Å². The summed E-state index contributed by atoms with van der Waals surface area (Å²) in [6, 6.07) is 4.89. The summed E-state index contributed by atoms with van der Waals surface area (Å²) in [5.74, 6) is -1.18. The number of rotatable bonds is 3. The number of piperidine rings is 1. The fourth-order valence-corrected chi connectivity index (χ4v) is 3.73. The second kappa shape index (κ2) is 6.95. The van der Waals surface area contributed by atoms with Gasteiger partial charge in [0.1, 0.15) is 11.6 Å². The molecule has 8 heteroatoms. The van der Waals surface area contributed by atoms with E-state index in [0.29, 0.717) is 24.9 Å². The van der Waals surface area contributed by atoms with E-state index in [1.807, 2.05) is 16.8 Å². The summed E-state index contributed by atoms with van der Waals surface area (Å²) in [6.45, 7) is 0.874. The van der Waals surface area contributed by atoms with Gasteiger partial charge in [0, 0.05) is 30.1 Å². The summed E-state index contributed by atoms with van der Waals surface area (Å²) in [5, 5.41) is 12.0. The molecule has 3 heterocycles. The Morgan fingerprint density at radius 2 is 2.15 bits per heavy atom. The number of hydrogen-bond acceptors (Lipinski definition) is 5. The van der Waals surface area contributed by atoms with Gasteiger partial charge in [-0.1, -0.05) is 0 Å². The van der Waals surface area contributed by atoms with Crippen molar-refractivity contribution < 1.29 is 18.0 Å². The minimum Gasteiger partial charge on any atom is -0.420 e. The maximum absolute atomic E-state index is 13.9. The second-order valence-corrected chi connectivity index (χ2v) is 6.95. The van der Waals surface area contributed by atoms with Gasteiger partial charge in [0.05, 0.1) is 11.5 Å². The van der Waals surface area contributed by atoms with Crippen LogP contribution in [0.2, 0.25) is 0 Å². The van der Waals surface area contributed by atoms with Crippen LogP contribution in [0.5, 0.6) is 0 Å². The predicted molar refractivity (Wildman–Crippen MR) is 91.8 cm³/mol. The average molecular weight is 375 g/mol. The summed E-state index contributed by atoms with van der Waals surface area (Å²) in [7, 11) is 0. The van der Waals surface area contributed by atoms with E-state index in [9.17, 15) is 13.6 Å². The van der Waals surface area contributed by atoms with E-state index >= 15 is 0 Å². The van der Waals surface area contributed by atoms with Crippen molar-refractivity contribution in [2.75, 3.05) is 13.1 Å². The van der Waals surface area contributed by atoms with E-state index in [-0.39, 0.29) is 11.5 Å². The first-order valence-corrected chi connectivity index (χ1v) is 9.16. The molecule has 1 aliphatic rings. The smallest absolute Gasteiger partial charge is 0.256 e. The number of halogens is 2. The molecule has 1 aromatic carbocycles. The van der Waals surface area contributed by atoms with Gasteiger partial charge in [0.25, 0.3) is 5.91 Å². The Morgan fingerprint density at radius 1 is 1.27 bits per heavy atom. The molecule has 1 amide bonds. The van der Waals surface area contributed by atoms with E-state index in [4.69, 9.17) is 4.42 Å². The van der Waals surface area contributed by atoms with Crippen LogP contribution >= 0.6 is 11.3 Å². The van der Waals surface area contributed by atoms with Crippen molar-refractivity contribution in [1.29, 1.82) is 0 Å². The summed E-state index contributed by atoms with van der Waals surface area (Å²) >= 11 is 1.54. The van der Waals surface area contributed by atoms with Gasteiger partial charge in [-0.05, 0) is 36.4 Å². The van der Waals surface area contributed by atoms with Crippen molar-refractivity contribution in [3.8, 4) is 11.5 Å². The SMILES string of the molecule is O=C(c1ccc(F)cc1F)N1CCCC(c2nnc(-c3ccsc3)o2)C1. The highest BCUT2D eigenvalue weighted by molar-refractivity contribution is 7.08. The fraction of sp³-hybridized carbons (Fsp3) is 0.278. The van der Waals surface area contributed by atoms with Crippen molar-refractivity contribution >= 4 is 17.2 Å². The third-order valence-corrected chi connectivity index (χ3v) is 5.11. The van der Waals surface area contributed by atoms with Crippen molar-refractivity contribution in [3.05, 3.63) is 58.1 Å². The van der Waals surface area contributed by atoms with Crippen molar-refractivity contribution in [2.45, 2.75) is 18.8 Å². The Labute approximate surface area is 152 Å². The van der Waals surface area contributed by atoms with Crippen LogP contribution in [0.15, 0.2) is 39.4 Å². The zero-order chi connectivity index (χ0) is 18.1. The van der Waals surface area contributed by atoms with Crippen LogP contribution in [-0.4, -0.2) is 34.1 Å². The van der Waals surface area contributed by atoms with Crippen molar-refractivity contribution in [1.82, 2.24) is 15.1 Å². The molecule has 2 aromatic heterocycles. The third-order valence-electron chi connectivity index (χ3n) is 4.43. The first kappa shape index (κ1) is 16.8. The molecule has 134 valence electrons. The molecule has 5 nitrogen and oxygen atoms in total. The molecule has 0 spiro atoms. The zero-order valence-corrected chi connectivity index (χ0v) is 14.5. The number of likely N-dealkylation sites (tertiary alicyclic amines) is 1. The lowest BCUT2D eigenvalue weighted by Crippen LogP contribution is -2.39. The molecule has 1 aliphatic heterocycles. The van der Waals surface area contributed by atoms with Crippen LogP contribution in [0.3, 0.4) is 0 Å². The van der Waals surface area contributed by atoms with E-state index in [0.717, 1.165) is 30.5 Å². The van der Waals surface area contributed by atoms with Gasteiger partial charge in [-0.25, -0.2) is 8.78 Å². The number of thiophene rings is 1. The highest BCUT2D eigenvalue weighted by Gasteiger charge is 2.30. The van der Waals surface area contributed by atoms with E-state index in [1.165, 1.54) is 6.07 Å². The van der Waals surface area contributed by atoms with Crippen LogP contribution in [0.1, 0.15) is 35.0 Å². The minimum absolute atomic E-state index is 0.101. The molecule has 3 aromatic rings. The predicted octanol–water partition coefficient (Wildman–Crippen LogP) is 4.10. The summed E-state index contributed by atoms with van der Waals surface area (Å²) in [5.41, 5.74) is 0.738. The molecule has 26 heavy (non-hydrogen) atoms. The van der Waals surface area contributed by atoms with E-state index in [2.05, 4.69) is 10.2 Å². The lowest BCUT2D eigenvalue weighted by atomic mass is 9.97. The fourth-order valence-electron chi connectivity index (χ4n) is 3.10. The topological polar surface area (TPSA) is 59.2 Å². The monoisotopic (exact) mass is 375 g/mol. The first-order chi connectivity index (χ1) is 12.6. The lowest BCUT2D eigenvalue weighted by Gasteiger charge is -2.31. The molecule has 1 unspecified atom stereocenters. The van der Waals surface area contributed by atoms with Gasteiger partial charge in [0.15, 0.2) is 0 Å². The molecule has 4 rings (SSSR count). The number of amides is 1. The molecule has 1 fully saturated rings. The van der Waals surface area contributed by atoms with Gasteiger partial charge in [-0.3, -0.25) is 4.79 Å². The summed E-state index contributed by atoms with van der Waals surface area (Å²) in [6.07, 6.45) is 1.55. The molecule has 0 N–H and O–H groups in total. The summed E-state index contributed by atoms with van der Waals surface area (Å²) in [4.78, 5) is 14.2. The third kappa shape index (κ3) is 3.24. The maximum atomic E-state index is 13.9. The Kier molecular flexibility index (Phi) is 4.50. The minimum atomic E-state index is -0.852. The zero-order valence-electron chi connectivity index (χ0n) is 13.7. The molecule has 0 radical (unpaired) electrons. The molecule has 0 saturated carbocycles. The Morgan fingerprint density at radius 3 is 2.92 bits per heavy atom. The lowest BCUT2D eigenvalue weighted by molar-refractivity contribution is 0.0693. The molecule has 0 aliphatic carbocycles.